The first-order valence-electron chi connectivity index (χ1n) is 10.8. The summed E-state index contributed by atoms with van der Waals surface area (Å²) in [6, 6.07) is 11.9. The van der Waals surface area contributed by atoms with E-state index in [-0.39, 0.29) is 24.0 Å². The third-order valence-electron chi connectivity index (χ3n) is 5.91. The van der Waals surface area contributed by atoms with Gasteiger partial charge in [-0.25, -0.2) is 4.90 Å². The van der Waals surface area contributed by atoms with Crippen molar-refractivity contribution in [1.29, 1.82) is 0 Å². The van der Waals surface area contributed by atoms with Crippen molar-refractivity contribution in [3.8, 4) is 0 Å². The highest BCUT2D eigenvalue weighted by molar-refractivity contribution is 6.45. The van der Waals surface area contributed by atoms with Gasteiger partial charge in [-0.3, -0.25) is 9.59 Å². The first kappa shape index (κ1) is 21.3. The molecule has 4 rings (SSSR count). The van der Waals surface area contributed by atoms with Crippen molar-refractivity contribution in [2.75, 3.05) is 18.0 Å². The summed E-state index contributed by atoms with van der Waals surface area (Å²) in [7, 11) is 0. The van der Waals surface area contributed by atoms with Crippen molar-refractivity contribution in [2.24, 2.45) is 0 Å². The molecule has 2 aromatic carbocycles. The number of aryl methyl sites for hydroxylation is 4. The van der Waals surface area contributed by atoms with Gasteiger partial charge >= 0.3 is 0 Å². The van der Waals surface area contributed by atoms with Crippen LogP contribution in [-0.4, -0.2) is 42.0 Å². The predicted octanol–water partition coefficient (Wildman–Crippen LogP) is 4.31. The summed E-state index contributed by atoms with van der Waals surface area (Å²) in [6.07, 6.45) is -0.0374. The molecule has 1 saturated heterocycles. The lowest BCUT2D eigenvalue weighted by Crippen LogP contribution is -2.47. The van der Waals surface area contributed by atoms with Crippen LogP contribution in [0.15, 0.2) is 42.1 Å². The van der Waals surface area contributed by atoms with Crippen LogP contribution in [-0.2, 0) is 14.3 Å². The minimum Gasteiger partial charge on any atom is -0.372 e. The molecule has 0 saturated carbocycles. The maximum absolute atomic E-state index is 13.8. The number of ether oxygens (including phenoxy) is 1. The Hall–Kier alpha value is -2.92. The van der Waals surface area contributed by atoms with E-state index in [4.69, 9.17) is 4.74 Å². The molecule has 0 aromatic heterocycles. The first-order chi connectivity index (χ1) is 14.7. The average Bonchev–Trinajstić information content (AvgIpc) is 2.90. The average molecular weight is 419 g/mol. The zero-order chi connectivity index (χ0) is 22.4. The molecule has 0 spiro atoms. The SMILES string of the molecule is Cc1cc(C)cc(N2C(=O)C(c3ccc(C)cc3C)=C(N3CC(C)OC(C)C3)C2=O)c1. The van der Waals surface area contributed by atoms with Gasteiger partial charge in [-0.05, 0) is 75.9 Å². The molecule has 2 aromatic rings. The van der Waals surface area contributed by atoms with E-state index in [9.17, 15) is 9.59 Å². The first-order valence-corrected chi connectivity index (χ1v) is 10.8. The van der Waals surface area contributed by atoms with Crippen LogP contribution in [0.5, 0.6) is 0 Å². The number of hydrogen-bond acceptors (Lipinski definition) is 4. The summed E-state index contributed by atoms with van der Waals surface area (Å²) in [5.41, 5.74) is 6.57. The van der Waals surface area contributed by atoms with Crippen LogP contribution >= 0.6 is 0 Å². The molecule has 0 radical (unpaired) electrons. The summed E-state index contributed by atoms with van der Waals surface area (Å²) in [4.78, 5) is 30.9. The number of nitrogens with zero attached hydrogens (tertiary/aromatic N) is 2. The van der Waals surface area contributed by atoms with E-state index in [1.54, 1.807) is 0 Å². The van der Waals surface area contributed by atoms with Gasteiger partial charge in [0.2, 0.25) is 0 Å². The number of amides is 2. The topological polar surface area (TPSA) is 49.9 Å². The second-order valence-corrected chi connectivity index (χ2v) is 9.00. The number of carbonyl (C=O) groups is 2. The molecule has 162 valence electrons. The van der Waals surface area contributed by atoms with E-state index in [0.29, 0.717) is 30.0 Å². The lowest BCUT2D eigenvalue weighted by Gasteiger charge is -2.37. The van der Waals surface area contributed by atoms with Gasteiger partial charge in [0.25, 0.3) is 11.8 Å². The quantitative estimate of drug-likeness (QED) is 0.697. The molecular weight excluding hydrogens is 388 g/mol. The van der Waals surface area contributed by atoms with Crippen LogP contribution in [0.25, 0.3) is 5.57 Å². The fourth-order valence-corrected chi connectivity index (χ4v) is 4.82. The fourth-order valence-electron chi connectivity index (χ4n) is 4.82. The molecule has 1 fully saturated rings. The summed E-state index contributed by atoms with van der Waals surface area (Å²) in [6.45, 7) is 13.1. The summed E-state index contributed by atoms with van der Waals surface area (Å²) >= 11 is 0. The molecule has 5 heteroatoms. The highest BCUT2D eigenvalue weighted by atomic mass is 16.5. The lowest BCUT2D eigenvalue weighted by atomic mass is 9.97. The summed E-state index contributed by atoms with van der Waals surface area (Å²) in [5.74, 6) is -0.518. The molecule has 0 bridgehead atoms. The van der Waals surface area contributed by atoms with E-state index < -0.39 is 0 Å². The maximum Gasteiger partial charge on any atom is 0.282 e. The van der Waals surface area contributed by atoms with Crippen LogP contribution in [0.1, 0.15) is 41.7 Å². The van der Waals surface area contributed by atoms with Gasteiger partial charge in [-0.2, -0.15) is 0 Å². The highest BCUT2D eigenvalue weighted by Gasteiger charge is 2.44. The molecule has 31 heavy (non-hydrogen) atoms. The van der Waals surface area contributed by atoms with E-state index in [2.05, 4.69) is 6.07 Å². The van der Waals surface area contributed by atoms with Gasteiger partial charge in [-0.15, -0.1) is 0 Å². The molecule has 0 aliphatic carbocycles. The van der Waals surface area contributed by atoms with Crippen molar-refractivity contribution in [3.05, 3.63) is 69.9 Å². The second kappa shape index (κ2) is 7.97. The fraction of sp³-hybridized carbons (Fsp3) is 0.385. The highest BCUT2D eigenvalue weighted by Crippen LogP contribution is 2.37. The summed E-state index contributed by atoms with van der Waals surface area (Å²) < 4.78 is 5.89. The minimum absolute atomic E-state index is 0.0187. The Morgan fingerprint density at radius 1 is 0.806 bits per heavy atom. The maximum atomic E-state index is 13.8. The Bertz CT molecular complexity index is 1070. The molecule has 5 nitrogen and oxygen atoms in total. The van der Waals surface area contributed by atoms with Crippen molar-refractivity contribution < 1.29 is 14.3 Å². The number of hydrogen-bond donors (Lipinski definition) is 0. The van der Waals surface area contributed by atoms with Gasteiger partial charge in [-0.1, -0.05) is 29.8 Å². The van der Waals surface area contributed by atoms with E-state index in [1.807, 2.05) is 76.8 Å². The molecule has 2 aliphatic rings. The zero-order valence-corrected chi connectivity index (χ0v) is 19.2. The van der Waals surface area contributed by atoms with E-state index in [0.717, 1.165) is 27.8 Å². The van der Waals surface area contributed by atoms with Gasteiger partial charge in [0.1, 0.15) is 5.70 Å². The molecule has 2 aliphatic heterocycles. The lowest BCUT2D eigenvalue weighted by molar-refractivity contribution is -0.121. The number of imide groups is 1. The molecule has 2 unspecified atom stereocenters. The number of anilines is 1. The third-order valence-corrected chi connectivity index (χ3v) is 5.91. The van der Waals surface area contributed by atoms with Crippen LogP contribution in [0.4, 0.5) is 5.69 Å². The van der Waals surface area contributed by atoms with Crippen molar-refractivity contribution in [1.82, 2.24) is 4.90 Å². The number of carbonyl (C=O) groups excluding carboxylic acids is 2. The van der Waals surface area contributed by atoms with Crippen LogP contribution < -0.4 is 4.90 Å². The van der Waals surface area contributed by atoms with Crippen LogP contribution in [0.2, 0.25) is 0 Å². The Morgan fingerprint density at radius 3 is 2.00 bits per heavy atom. The Balaban J connectivity index is 1.89. The van der Waals surface area contributed by atoms with Crippen molar-refractivity contribution in [2.45, 2.75) is 53.8 Å². The number of rotatable bonds is 3. The minimum atomic E-state index is -0.260. The van der Waals surface area contributed by atoms with E-state index in [1.165, 1.54) is 4.90 Å². The Labute approximate surface area is 184 Å². The van der Waals surface area contributed by atoms with Gasteiger partial charge in [0.05, 0.1) is 23.5 Å². The molecule has 2 heterocycles. The van der Waals surface area contributed by atoms with Gasteiger partial charge in [0, 0.05) is 13.1 Å². The normalized spacial score (nSPS) is 22.0. The van der Waals surface area contributed by atoms with E-state index >= 15 is 0 Å². The second-order valence-electron chi connectivity index (χ2n) is 9.00. The van der Waals surface area contributed by atoms with Crippen LogP contribution in [0.3, 0.4) is 0 Å². The zero-order valence-electron chi connectivity index (χ0n) is 19.2. The number of benzene rings is 2. The molecule has 2 amide bonds. The monoisotopic (exact) mass is 418 g/mol. The summed E-state index contributed by atoms with van der Waals surface area (Å²) in [5, 5.41) is 0. The smallest absolute Gasteiger partial charge is 0.282 e. The Morgan fingerprint density at radius 2 is 1.42 bits per heavy atom. The van der Waals surface area contributed by atoms with Gasteiger partial charge < -0.3 is 9.64 Å². The standard InChI is InChI=1S/C26H30N2O3/c1-15-7-8-22(18(4)10-15)23-24(27-13-19(5)31-20(6)14-27)26(30)28(25(23)29)21-11-16(2)9-17(3)12-21/h7-12,19-20H,13-14H2,1-6H3. The van der Waals surface area contributed by atoms with Crippen molar-refractivity contribution in [3.63, 3.8) is 0 Å². The number of morpholine rings is 1. The van der Waals surface area contributed by atoms with Crippen LogP contribution in [0, 0.1) is 27.7 Å². The van der Waals surface area contributed by atoms with Crippen molar-refractivity contribution >= 4 is 23.1 Å². The largest absolute Gasteiger partial charge is 0.372 e. The molecule has 2 atom stereocenters. The predicted molar refractivity (Wildman–Crippen MR) is 123 cm³/mol. The molecular formula is C26H30N2O3. The third kappa shape index (κ3) is 3.90. The van der Waals surface area contributed by atoms with Gasteiger partial charge in [0.15, 0.2) is 0 Å². The Kier molecular flexibility index (Phi) is 5.48. The molecule has 0 N–H and O–H groups in total.